The molecule has 2 aromatic carbocycles. The van der Waals surface area contributed by atoms with Crippen LogP contribution in [0.5, 0.6) is 0 Å². The Morgan fingerprint density at radius 1 is 1.13 bits per heavy atom. The maximum Gasteiger partial charge on any atom is 0.338 e. The maximum atomic E-state index is 12.3. The predicted octanol–water partition coefficient (Wildman–Crippen LogP) is 3.32. The second kappa shape index (κ2) is 8.73. The molecule has 0 saturated carbocycles. The van der Waals surface area contributed by atoms with E-state index in [-0.39, 0.29) is 11.9 Å². The first-order chi connectivity index (χ1) is 14.7. The standard InChI is InChI=1S/C23H22N4O3/c1-2-30-23(29)17-9-7-16(8-10-17)19-14-21(26-15-25-19)24-11-12-27-20-6-4-3-5-18(20)13-22(27)28/h3-10,14-15H,2,11-13H2,1H3,(H,24,25,26). The van der Waals surface area contributed by atoms with Gasteiger partial charge in [-0.05, 0) is 30.7 Å². The Kier molecular flexibility index (Phi) is 5.70. The Hall–Kier alpha value is -3.74. The van der Waals surface area contributed by atoms with Crippen molar-refractivity contribution < 1.29 is 14.3 Å². The first-order valence-electron chi connectivity index (χ1n) is 9.87. The summed E-state index contributed by atoms with van der Waals surface area (Å²) in [5, 5.41) is 3.26. The molecule has 2 heterocycles. The average molecular weight is 402 g/mol. The molecule has 1 aromatic heterocycles. The molecular formula is C23H22N4O3. The van der Waals surface area contributed by atoms with E-state index >= 15 is 0 Å². The summed E-state index contributed by atoms with van der Waals surface area (Å²) in [7, 11) is 0. The number of hydrogen-bond acceptors (Lipinski definition) is 6. The largest absolute Gasteiger partial charge is 0.462 e. The van der Waals surface area contributed by atoms with E-state index in [1.54, 1.807) is 24.0 Å². The van der Waals surface area contributed by atoms with E-state index in [0.29, 0.717) is 37.5 Å². The second-order valence-electron chi connectivity index (χ2n) is 6.86. The number of esters is 1. The van der Waals surface area contributed by atoms with Crippen LogP contribution in [-0.4, -0.2) is 41.5 Å². The monoisotopic (exact) mass is 402 g/mol. The average Bonchev–Trinajstić information content (AvgIpc) is 3.09. The van der Waals surface area contributed by atoms with Crippen molar-refractivity contribution in [2.75, 3.05) is 29.9 Å². The summed E-state index contributed by atoms with van der Waals surface area (Å²) in [5.74, 6) is 0.449. The normalized spacial score (nSPS) is 12.6. The number of rotatable bonds is 7. The van der Waals surface area contributed by atoms with Crippen LogP contribution in [-0.2, 0) is 16.0 Å². The number of ether oxygens (including phenoxy) is 1. The summed E-state index contributed by atoms with van der Waals surface area (Å²) in [5.41, 5.74) is 4.17. The molecule has 3 aromatic rings. The third-order valence-electron chi connectivity index (χ3n) is 4.93. The fourth-order valence-electron chi connectivity index (χ4n) is 3.46. The summed E-state index contributed by atoms with van der Waals surface area (Å²) in [6.07, 6.45) is 1.95. The maximum absolute atomic E-state index is 12.3. The highest BCUT2D eigenvalue weighted by atomic mass is 16.5. The molecule has 0 unspecified atom stereocenters. The number of nitrogens with one attached hydrogen (secondary N) is 1. The van der Waals surface area contributed by atoms with Crippen LogP contribution in [0, 0.1) is 0 Å². The molecule has 0 spiro atoms. The van der Waals surface area contributed by atoms with E-state index in [0.717, 1.165) is 22.5 Å². The lowest BCUT2D eigenvalue weighted by molar-refractivity contribution is -0.117. The van der Waals surface area contributed by atoms with Crippen LogP contribution in [0.1, 0.15) is 22.8 Å². The molecule has 0 aliphatic carbocycles. The van der Waals surface area contributed by atoms with Gasteiger partial charge in [0.25, 0.3) is 0 Å². The van der Waals surface area contributed by atoms with Crippen LogP contribution in [0.4, 0.5) is 11.5 Å². The highest BCUT2D eigenvalue weighted by Crippen LogP contribution is 2.28. The first kappa shape index (κ1) is 19.6. The molecule has 1 N–H and O–H groups in total. The molecule has 0 fully saturated rings. The fraction of sp³-hybridized carbons (Fsp3) is 0.217. The number of para-hydroxylation sites is 1. The highest BCUT2D eigenvalue weighted by molar-refractivity contribution is 6.01. The molecule has 7 heteroatoms. The van der Waals surface area contributed by atoms with Crippen molar-refractivity contribution in [3.63, 3.8) is 0 Å². The minimum Gasteiger partial charge on any atom is -0.462 e. The van der Waals surface area contributed by atoms with E-state index in [9.17, 15) is 9.59 Å². The van der Waals surface area contributed by atoms with Crippen LogP contribution in [0.15, 0.2) is 60.9 Å². The molecule has 0 saturated heterocycles. The SMILES string of the molecule is CCOC(=O)c1ccc(-c2cc(NCCN3C(=O)Cc4ccccc43)ncn2)cc1. The molecule has 1 aliphatic rings. The van der Waals surface area contributed by atoms with Crippen LogP contribution in [0.2, 0.25) is 0 Å². The number of carbonyl (C=O) groups is 2. The third-order valence-corrected chi connectivity index (χ3v) is 4.93. The predicted molar refractivity (Wildman–Crippen MR) is 114 cm³/mol. The quantitative estimate of drug-likeness (QED) is 0.611. The Morgan fingerprint density at radius 2 is 1.93 bits per heavy atom. The lowest BCUT2D eigenvalue weighted by atomic mass is 10.1. The molecule has 30 heavy (non-hydrogen) atoms. The van der Waals surface area contributed by atoms with E-state index < -0.39 is 0 Å². The zero-order valence-corrected chi connectivity index (χ0v) is 16.7. The molecule has 0 atom stereocenters. The van der Waals surface area contributed by atoms with Gasteiger partial charge in [-0.1, -0.05) is 30.3 Å². The topological polar surface area (TPSA) is 84.4 Å². The summed E-state index contributed by atoms with van der Waals surface area (Å²) < 4.78 is 5.01. The van der Waals surface area contributed by atoms with E-state index in [4.69, 9.17) is 4.74 Å². The van der Waals surface area contributed by atoms with Gasteiger partial charge in [0.1, 0.15) is 12.1 Å². The van der Waals surface area contributed by atoms with Crippen molar-refractivity contribution in [1.29, 1.82) is 0 Å². The third kappa shape index (κ3) is 4.15. The molecular weight excluding hydrogens is 380 g/mol. The van der Waals surface area contributed by atoms with Crippen molar-refractivity contribution in [1.82, 2.24) is 9.97 Å². The number of benzene rings is 2. The van der Waals surface area contributed by atoms with Crippen molar-refractivity contribution in [2.45, 2.75) is 13.3 Å². The zero-order valence-electron chi connectivity index (χ0n) is 16.7. The second-order valence-corrected chi connectivity index (χ2v) is 6.86. The summed E-state index contributed by atoms with van der Waals surface area (Å²) in [6.45, 7) is 3.25. The van der Waals surface area contributed by atoms with Gasteiger partial charge >= 0.3 is 5.97 Å². The highest BCUT2D eigenvalue weighted by Gasteiger charge is 2.25. The number of hydrogen-bond donors (Lipinski definition) is 1. The van der Waals surface area contributed by atoms with E-state index in [2.05, 4.69) is 15.3 Å². The number of amides is 1. The minimum absolute atomic E-state index is 0.114. The van der Waals surface area contributed by atoms with Crippen LogP contribution >= 0.6 is 0 Å². The number of aromatic nitrogens is 2. The summed E-state index contributed by atoms with van der Waals surface area (Å²) >= 11 is 0. The van der Waals surface area contributed by atoms with Crippen molar-refractivity contribution >= 4 is 23.4 Å². The van der Waals surface area contributed by atoms with Gasteiger partial charge in [0, 0.05) is 30.4 Å². The van der Waals surface area contributed by atoms with Gasteiger partial charge in [-0.25, -0.2) is 14.8 Å². The molecule has 152 valence electrons. The lowest BCUT2D eigenvalue weighted by Gasteiger charge is -2.18. The van der Waals surface area contributed by atoms with E-state index in [1.807, 2.05) is 42.5 Å². The van der Waals surface area contributed by atoms with Crippen LogP contribution < -0.4 is 10.2 Å². The van der Waals surface area contributed by atoms with Gasteiger partial charge in [-0.3, -0.25) is 4.79 Å². The zero-order chi connectivity index (χ0) is 20.9. The molecule has 1 amide bonds. The smallest absolute Gasteiger partial charge is 0.338 e. The van der Waals surface area contributed by atoms with E-state index in [1.165, 1.54) is 6.33 Å². The molecule has 1 aliphatic heterocycles. The molecule has 4 rings (SSSR count). The Morgan fingerprint density at radius 3 is 2.73 bits per heavy atom. The summed E-state index contributed by atoms with van der Waals surface area (Å²) in [6, 6.07) is 16.8. The van der Waals surface area contributed by atoms with Crippen molar-refractivity contribution in [2.24, 2.45) is 0 Å². The Balaban J connectivity index is 1.39. The Labute approximate surface area is 174 Å². The number of carbonyl (C=O) groups excluding carboxylic acids is 2. The van der Waals surface area contributed by atoms with Gasteiger partial charge in [-0.15, -0.1) is 0 Å². The van der Waals surface area contributed by atoms with Crippen molar-refractivity contribution in [3.8, 4) is 11.3 Å². The summed E-state index contributed by atoms with van der Waals surface area (Å²) in [4.78, 5) is 34.4. The van der Waals surface area contributed by atoms with Crippen LogP contribution in [0.25, 0.3) is 11.3 Å². The lowest BCUT2D eigenvalue weighted by Crippen LogP contribution is -2.31. The molecule has 0 bridgehead atoms. The number of fused-ring (bicyclic) bond motifs is 1. The van der Waals surface area contributed by atoms with Gasteiger partial charge in [-0.2, -0.15) is 0 Å². The fourth-order valence-corrected chi connectivity index (χ4v) is 3.46. The Bertz CT molecular complexity index is 1070. The van der Waals surface area contributed by atoms with Crippen molar-refractivity contribution in [3.05, 3.63) is 72.1 Å². The van der Waals surface area contributed by atoms with Gasteiger partial charge < -0.3 is 15.0 Å². The van der Waals surface area contributed by atoms with Gasteiger partial charge in [0.15, 0.2) is 0 Å². The van der Waals surface area contributed by atoms with Gasteiger partial charge in [0.2, 0.25) is 5.91 Å². The molecule has 0 radical (unpaired) electrons. The first-order valence-corrected chi connectivity index (χ1v) is 9.87. The minimum atomic E-state index is -0.341. The number of nitrogens with zero attached hydrogens (tertiary/aromatic N) is 3. The van der Waals surface area contributed by atoms with Crippen LogP contribution in [0.3, 0.4) is 0 Å². The van der Waals surface area contributed by atoms with Gasteiger partial charge in [0.05, 0.1) is 24.3 Å². The molecule has 7 nitrogen and oxygen atoms in total. The number of anilines is 2.